The summed E-state index contributed by atoms with van der Waals surface area (Å²) in [5, 5.41) is 3.30. The Hall–Kier alpha value is -0.610. The SMILES string of the molecule is COCCN(C(=O)C1CCCCN1)C(C)C. The highest BCUT2D eigenvalue weighted by Gasteiger charge is 2.26. The number of piperidine rings is 1. The first-order valence-electron chi connectivity index (χ1n) is 6.19. The van der Waals surface area contributed by atoms with Gasteiger partial charge in [-0.1, -0.05) is 6.42 Å². The molecule has 0 aliphatic carbocycles. The smallest absolute Gasteiger partial charge is 0.240 e. The lowest BCUT2D eigenvalue weighted by Gasteiger charge is -2.32. The third kappa shape index (κ3) is 3.76. The molecule has 1 aliphatic heterocycles. The van der Waals surface area contributed by atoms with Crippen LogP contribution in [0.5, 0.6) is 0 Å². The number of amides is 1. The van der Waals surface area contributed by atoms with Gasteiger partial charge >= 0.3 is 0 Å². The van der Waals surface area contributed by atoms with E-state index in [2.05, 4.69) is 19.2 Å². The van der Waals surface area contributed by atoms with Gasteiger partial charge in [0.2, 0.25) is 5.91 Å². The van der Waals surface area contributed by atoms with Crippen molar-refractivity contribution in [1.82, 2.24) is 10.2 Å². The Morgan fingerprint density at radius 2 is 2.25 bits per heavy atom. The zero-order valence-corrected chi connectivity index (χ0v) is 10.7. The van der Waals surface area contributed by atoms with Gasteiger partial charge in [-0.2, -0.15) is 0 Å². The molecule has 0 aromatic carbocycles. The molecule has 4 heteroatoms. The summed E-state index contributed by atoms with van der Waals surface area (Å²) >= 11 is 0. The number of ether oxygens (including phenoxy) is 1. The van der Waals surface area contributed by atoms with Crippen LogP contribution >= 0.6 is 0 Å². The van der Waals surface area contributed by atoms with Crippen molar-refractivity contribution >= 4 is 5.91 Å². The van der Waals surface area contributed by atoms with E-state index in [1.54, 1.807) is 7.11 Å². The summed E-state index contributed by atoms with van der Waals surface area (Å²) in [7, 11) is 1.67. The molecule has 16 heavy (non-hydrogen) atoms. The minimum atomic E-state index is 0.0213. The molecule has 1 amide bonds. The number of hydrogen-bond donors (Lipinski definition) is 1. The summed E-state index contributed by atoms with van der Waals surface area (Å²) in [5.41, 5.74) is 0. The summed E-state index contributed by atoms with van der Waals surface area (Å²) in [6.45, 7) is 6.36. The minimum absolute atomic E-state index is 0.0213. The molecule has 1 fully saturated rings. The fraction of sp³-hybridized carbons (Fsp3) is 0.917. The normalized spacial score (nSPS) is 21.1. The van der Waals surface area contributed by atoms with Crippen LogP contribution in [0.1, 0.15) is 33.1 Å². The van der Waals surface area contributed by atoms with Gasteiger partial charge in [0.25, 0.3) is 0 Å². The maximum absolute atomic E-state index is 12.3. The predicted octanol–water partition coefficient (Wildman–Crippen LogP) is 1.01. The largest absolute Gasteiger partial charge is 0.383 e. The molecule has 1 aliphatic rings. The summed E-state index contributed by atoms with van der Waals surface area (Å²) in [4.78, 5) is 14.2. The fourth-order valence-electron chi connectivity index (χ4n) is 2.08. The lowest BCUT2D eigenvalue weighted by molar-refractivity contribution is -0.136. The summed E-state index contributed by atoms with van der Waals surface area (Å²) in [6.07, 6.45) is 3.30. The molecule has 1 N–H and O–H groups in total. The topological polar surface area (TPSA) is 41.6 Å². The Kier molecular flexibility index (Phi) is 5.77. The lowest BCUT2D eigenvalue weighted by Crippen LogP contribution is -2.51. The van der Waals surface area contributed by atoms with E-state index in [0.717, 1.165) is 19.4 Å². The van der Waals surface area contributed by atoms with Crippen molar-refractivity contribution in [2.45, 2.75) is 45.2 Å². The molecule has 1 atom stereocenters. The first-order chi connectivity index (χ1) is 7.66. The van der Waals surface area contributed by atoms with E-state index in [1.807, 2.05) is 4.90 Å². The quantitative estimate of drug-likeness (QED) is 0.763. The van der Waals surface area contributed by atoms with Gasteiger partial charge in [-0.05, 0) is 33.2 Å². The second-order valence-electron chi connectivity index (χ2n) is 4.62. The van der Waals surface area contributed by atoms with E-state index in [4.69, 9.17) is 4.74 Å². The van der Waals surface area contributed by atoms with Crippen LogP contribution in [0.2, 0.25) is 0 Å². The van der Waals surface area contributed by atoms with Crippen molar-refractivity contribution in [3.8, 4) is 0 Å². The van der Waals surface area contributed by atoms with Gasteiger partial charge in [-0.3, -0.25) is 4.79 Å². The van der Waals surface area contributed by atoms with Crippen molar-refractivity contribution in [2.24, 2.45) is 0 Å². The van der Waals surface area contributed by atoms with Gasteiger partial charge in [-0.15, -0.1) is 0 Å². The molecule has 1 unspecified atom stereocenters. The lowest BCUT2D eigenvalue weighted by atomic mass is 10.0. The van der Waals surface area contributed by atoms with Crippen molar-refractivity contribution < 1.29 is 9.53 Å². The molecule has 4 nitrogen and oxygen atoms in total. The minimum Gasteiger partial charge on any atom is -0.383 e. The summed E-state index contributed by atoms with van der Waals surface area (Å²) in [6, 6.07) is 0.263. The zero-order valence-electron chi connectivity index (χ0n) is 10.7. The Balaban J connectivity index is 2.51. The molecule has 0 aromatic rings. The van der Waals surface area contributed by atoms with Crippen LogP contribution < -0.4 is 5.32 Å². The fourth-order valence-corrected chi connectivity index (χ4v) is 2.08. The van der Waals surface area contributed by atoms with Gasteiger partial charge < -0.3 is 15.0 Å². The number of methoxy groups -OCH3 is 1. The van der Waals surface area contributed by atoms with Crippen molar-refractivity contribution in [2.75, 3.05) is 26.8 Å². The predicted molar refractivity (Wildman–Crippen MR) is 64.4 cm³/mol. The average molecular weight is 228 g/mol. The van der Waals surface area contributed by atoms with Crippen LogP contribution in [-0.4, -0.2) is 49.7 Å². The van der Waals surface area contributed by atoms with Gasteiger partial charge in [0.1, 0.15) is 0 Å². The van der Waals surface area contributed by atoms with Gasteiger partial charge in [0, 0.05) is 19.7 Å². The standard InChI is InChI=1S/C12H24N2O2/c1-10(2)14(8-9-16-3)12(15)11-6-4-5-7-13-11/h10-11,13H,4-9H2,1-3H3. The highest BCUT2D eigenvalue weighted by molar-refractivity contribution is 5.82. The van der Waals surface area contributed by atoms with Crippen LogP contribution in [0, 0.1) is 0 Å². The van der Waals surface area contributed by atoms with E-state index in [1.165, 1.54) is 6.42 Å². The third-order valence-corrected chi connectivity index (χ3v) is 3.05. The molecule has 1 rings (SSSR count). The molecule has 1 saturated heterocycles. The van der Waals surface area contributed by atoms with E-state index in [0.29, 0.717) is 13.2 Å². The van der Waals surface area contributed by atoms with E-state index < -0.39 is 0 Å². The van der Waals surface area contributed by atoms with Gasteiger partial charge in [-0.25, -0.2) is 0 Å². The molecular formula is C12H24N2O2. The van der Waals surface area contributed by atoms with Crippen molar-refractivity contribution in [3.63, 3.8) is 0 Å². The molecule has 0 aromatic heterocycles. The molecule has 0 saturated carbocycles. The second-order valence-corrected chi connectivity index (χ2v) is 4.62. The van der Waals surface area contributed by atoms with Crippen LogP contribution in [-0.2, 0) is 9.53 Å². The molecule has 0 spiro atoms. The van der Waals surface area contributed by atoms with Gasteiger partial charge in [0.05, 0.1) is 12.6 Å². The molecule has 0 bridgehead atoms. The number of carbonyl (C=O) groups is 1. The number of carbonyl (C=O) groups excluding carboxylic acids is 1. The highest BCUT2D eigenvalue weighted by atomic mass is 16.5. The van der Waals surface area contributed by atoms with Crippen LogP contribution in [0.25, 0.3) is 0 Å². The van der Waals surface area contributed by atoms with E-state index >= 15 is 0 Å². The summed E-state index contributed by atoms with van der Waals surface area (Å²) < 4.78 is 5.05. The maximum atomic E-state index is 12.3. The first-order valence-corrected chi connectivity index (χ1v) is 6.19. The number of rotatable bonds is 5. The average Bonchev–Trinajstić information content (AvgIpc) is 2.30. The Morgan fingerprint density at radius 1 is 1.50 bits per heavy atom. The Bertz CT molecular complexity index is 213. The second kappa shape index (κ2) is 6.86. The van der Waals surface area contributed by atoms with Crippen molar-refractivity contribution in [3.05, 3.63) is 0 Å². The van der Waals surface area contributed by atoms with E-state index in [-0.39, 0.29) is 18.0 Å². The zero-order chi connectivity index (χ0) is 12.0. The molecular weight excluding hydrogens is 204 g/mol. The molecule has 1 heterocycles. The monoisotopic (exact) mass is 228 g/mol. The highest BCUT2D eigenvalue weighted by Crippen LogP contribution is 2.11. The van der Waals surface area contributed by atoms with Crippen molar-refractivity contribution in [1.29, 1.82) is 0 Å². The van der Waals surface area contributed by atoms with Crippen LogP contribution in [0.15, 0.2) is 0 Å². The van der Waals surface area contributed by atoms with E-state index in [9.17, 15) is 4.79 Å². The number of nitrogens with one attached hydrogen (secondary N) is 1. The molecule has 94 valence electrons. The number of nitrogens with zero attached hydrogens (tertiary/aromatic N) is 1. The Labute approximate surface area is 98.3 Å². The Morgan fingerprint density at radius 3 is 2.75 bits per heavy atom. The third-order valence-electron chi connectivity index (χ3n) is 3.05. The molecule has 0 radical (unpaired) electrons. The van der Waals surface area contributed by atoms with Gasteiger partial charge in [0.15, 0.2) is 0 Å². The number of hydrogen-bond acceptors (Lipinski definition) is 3. The van der Waals surface area contributed by atoms with Crippen LogP contribution in [0.4, 0.5) is 0 Å². The first kappa shape index (κ1) is 13.5. The summed E-state index contributed by atoms with van der Waals surface area (Å²) in [5.74, 6) is 0.228. The maximum Gasteiger partial charge on any atom is 0.240 e. The van der Waals surface area contributed by atoms with Crippen LogP contribution in [0.3, 0.4) is 0 Å².